The Balaban J connectivity index is 0.891. The van der Waals surface area contributed by atoms with E-state index in [4.69, 9.17) is 16.6 Å². The molecule has 3 aliphatic heterocycles. The number of aromatic nitrogens is 3. The number of aliphatic hydroxyl groups excluding tert-OH is 1. The Morgan fingerprint density at radius 1 is 0.985 bits per heavy atom. The van der Waals surface area contributed by atoms with E-state index in [9.17, 15) is 24.6 Å². The van der Waals surface area contributed by atoms with Crippen LogP contribution in [0.25, 0.3) is 22.2 Å². The van der Waals surface area contributed by atoms with Crippen molar-refractivity contribution in [2.75, 3.05) is 63.4 Å². The molecule has 3 amide bonds. The molecule has 17 heteroatoms. The molecule has 7 rings (SSSR count). The third-order valence-corrected chi connectivity index (χ3v) is 14.6. The maximum atomic E-state index is 14.3. The number of nitrogen functional groups attached to an aromatic ring is 1. The van der Waals surface area contributed by atoms with E-state index in [0.717, 1.165) is 98.8 Å². The molecule has 9 N–H and O–H groups in total. The molecule has 362 valence electrons. The zero-order chi connectivity index (χ0) is 48.0. The number of carbonyl (C=O) groups is 3. The molecule has 3 saturated heterocycles. The molecule has 0 unspecified atom stereocenters. The van der Waals surface area contributed by atoms with Gasteiger partial charge in [-0.05, 0) is 99.7 Å². The van der Waals surface area contributed by atoms with Crippen LogP contribution in [-0.4, -0.2) is 128 Å². The molecule has 0 aliphatic carbocycles. The number of piperidine rings is 2. The van der Waals surface area contributed by atoms with Crippen molar-refractivity contribution in [1.29, 1.82) is 0 Å². The van der Waals surface area contributed by atoms with Gasteiger partial charge in [0.1, 0.15) is 23.5 Å². The zero-order valence-electron chi connectivity index (χ0n) is 40.0. The zero-order valence-corrected chi connectivity index (χ0v) is 40.8. The molecule has 3 fully saturated rings. The number of phenolic OH excluding ortho intramolecular Hbond substituents is 1. The number of hydrogen-bond donors (Lipinski definition) is 7. The molecule has 16 nitrogen and oxygen atoms in total. The summed E-state index contributed by atoms with van der Waals surface area (Å²) in [6.07, 6.45) is 5.77. The van der Waals surface area contributed by atoms with Crippen LogP contribution >= 0.6 is 11.3 Å². The number of nitrogens with zero attached hydrogens (tertiary/aromatic N) is 6. The van der Waals surface area contributed by atoms with Crippen molar-refractivity contribution < 1.29 is 24.6 Å². The summed E-state index contributed by atoms with van der Waals surface area (Å²) in [5.41, 5.74) is 19.6. The third-order valence-electron chi connectivity index (χ3n) is 13.6. The van der Waals surface area contributed by atoms with Gasteiger partial charge in [0.2, 0.25) is 17.7 Å². The first-order valence-corrected chi connectivity index (χ1v) is 24.8. The van der Waals surface area contributed by atoms with Crippen LogP contribution in [0.2, 0.25) is 0 Å². The summed E-state index contributed by atoms with van der Waals surface area (Å²) >= 11 is 1.59. The van der Waals surface area contributed by atoms with Crippen molar-refractivity contribution in [1.82, 2.24) is 40.1 Å². The number of aromatic hydroxyl groups is 1. The number of benzene rings is 2. The van der Waals surface area contributed by atoms with Crippen LogP contribution in [0.1, 0.15) is 108 Å². The highest BCUT2D eigenvalue weighted by Crippen LogP contribution is 2.35. The molecule has 2 aromatic carbocycles. The number of aliphatic hydroxyl groups is 1. The molecule has 0 saturated carbocycles. The lowest BCUT2D eigenvalue weighted by molar-refractivity contribution is -0.144. The summed E-state index contributed by atoms with van der Waals surface area (Å²) in [4.78, 5) is 53.3. The van der Waals surface area contributed by atoms with Gasteiger partial charge in [0.05, 0.1) is 46.5 Å². The van der Waals surface area contributed by atoms with E-state index < -0.39 is 23.6 Å². The number of β-amino-alcohol motifs (C(OH)–C–C–N with tert-alkyl or cyclic N) is 1. The molecule has 2 aromatic heterocycles. The molecule has 3 aliphatic rings. The normalized spacial score (nSPS) is 20.2. The average molecular weight is 938 g/mol. The number of aryl methyl sites for hydroxylation is 1. The van der Waals surface area contributed by atoms with E-state index in [0.29, 0.717) is 28.7 Å². The standard InChI is InChI=1S/C50H71N11O5S/c1-7-20-53-47-44(52)40(26-39(51)38-10-8-9-11-42(38)63)61(57-47)36-18-23-58(24-19-36)27-33-16-21-59(22-17-33)29-43(64)56-46(50(4,5)6)49(66)60-28-37(62)25-41(60)48(65)55-31(2)34-12-14-35(15-13-34)45-32(3)54-30-67-45/h8-15,26,30-31,33,36-37,41,46,62-63H,7,16-25,27-29,51-52H2,1-6H3,(H,53,57)(H,55,65)(H,56,64)/b39-26-/t31-,37+,41-,46+/m0/s1. The topological polar surface area (TPSA) is 220 Å². The summed E-state index contributed by atoms with van der Waals surface area (Å²) in [6.45, 7) is 17.0. The second kappa shape index (κ2) is 21.6. The fourth-order valence-corrected chi connectivity index (χ4v) is 10.5. The van der Waals surface area contributed by atoms with Crippen LogP contribution in [0, 0.1) is 18.3 Å². The van der Waals surface area contributed by atoms with E-state index in [1.165, 1.54) is 4.90 Å². The summed E-state index contributed by atoms with van der Waals surface area (Å²) in [6, 6.07) is 13.1. The molecule has 0 bridgehead atoms. The first kappa shape index (κ1) is 49.4. The SMILES string of the molecule is CCCNc1nn(C2CCN(CC3CCN(CC(=O)N[C@H](C(=O)N4C[C@H](O)C[C@H]4C(=O)N[C@@H](C)c4ccc(-c5scnc5C)cc4)C(C)(C)C)CC3)CC2)c(/C=C(\N)c2ccccc2O)c1N. The van der Waals surface area contributed by atoms with Gasteiger partial charge in [-0.1, -0.05) is 64.1 Å². The Labute approximate surface area is 399 Å². The summed E-state index contributed by atoms with van der Waals surface area (Å²) in [5.74, 6) is 0.320. The Bertz CT molecular complexity index is 2360. The highest BCUT2D eigenvalue weighted by Gasteiger charge is 2.45. The van der Waals surface area contributed by atoms with Crippen LogP contribution < -0.4 is 27.4 Å². The van der Waals surface area contributed by atoms with Gasteiger partial charge < -0.3 is 47.4 Å². The number of amides is 3. The number of nitrogens with two attached hydrogens (primary N) is 2. The Morgan fingerprint density at radius 3 is 2.31 bits per heavy atom. The van der Waals surface area contributed by atoms with Gasteiger partial charge in [0.25, 0.3) is 0 Å². The van der Waals surface area contributed by atoms with E-state index in [1.807, 2.05) is 81.2 Å². The molecule has 67 heavy (non-hydrogen) atoms. The number of phenols is 1. The average Bonchev–Trinajstić information content (AvgIpc) is 4.01. The molecule has 5 heterocycles. The van der Waals surface area contributed by atoms with Gasteiger partial charge in [0.15, 0.2) is 5.82 Å². The molecule has 4 atom stereocenters. The van der Waals surface area contributed by atoms with Gasteiger partial charge in [-0.15, -0.1) is 11.3 Å². The minimum absolute atomic E-state index is 0.0194. The summed E-state index contributed by atoms with van der Waals surface area (Å²) < 4.78 is 2.01. The highest BCUT2D eigenvalue weighted by atomic mass is 32.1. The number of rotatable bonds is 16. The number of para-hydroxylation sites is 1. The van der Waals surface area contributed by atoms with Crippen molar-refractivity contribution in [3.05, 3.63) is 76.6 Å². The van der Waals surface area contributed by atoms with Crippen molar-refractivity contribution in [3.63, 3.8) is 0 Å². The summed E-state index contributed by atoms with van der Waals surface area (Å²) in [5, 5.41) is 35.6. The van der Waals surface area contributed by atoms with E-state index in [-0.39, 0.29) is 55.1 Å². The van der Waals surface area contributed by atoms with Crippen LogP contribution in [0.5, 0.6) is 5.75 Å². The molecule has 0 spiro atoms. The van der Waals surface area contributed by atoms with E-state index in [2.05, 4.69) is 37.7 Å². The van der Waals surface area contributed by atoms with Gasteiger partial charge in [-0.3, -0.25) is 24.0 Å². The van der Waals surface area contributed by atoms with Crippen molar-refractivity contribution >= 4 is 52.3 Å². The monoisotopic (exact) mass is 938 g/mol. The second-order valence-electron chi connectivity index (χ2n) is 19.8. The number of carbonyl (C=O) groups excluding carboxylic acids is 3. The lowest BCUT2D eigenvalue weighted by Crippen LogP contribution is -2.59. The highest BCUT2D eigenvalue weighted by molar-refractivity contribution is 7.13. The maximum absolute atomic E-state index is 14.3. The first-order chi connectivity index (χ1) is 32.0. The molecular formula is C50H71N11O5S. The predicted octanol–water partition coefficient (Wildman–Crippen LogP) is 5.60. The second-order valence-corrected chi connectivity index (χ2v) is 20.6. The van der Waals surface area contributed by atoms with Gasteiger partial charge in [-0.25, -0.2) is 4.98 Å². The van der Waals surface area contributed by atoms with Gasteiger partial charge >= 0.3 is 0 Å². The van der Waals surface area contributed by atoms with E-state index in [1.54, 1.807) is 29.5 Å². The molecule has 4 aromatic rings. The number of nitrogens with one attached hydrogen (secondary N) is 3. The smallest absolute Gasteiger partial charge is 0.246 e. The fraction of sp³-hybridized carbons (Fsp3) is 0.540. The lowest BCUT2D eigenvalue weighted by Gasteiger charge is -2.38. The van der Waals surface area contributed by atoms with Crippen LogP contribution in [0.3, 0.4) is 0 Å². The Morgan fingerprint density at radius 2 is 1.67 bits per heavy atom. The largest absolute Gasteiger partial charge is 0.507 e. The quantitative estimate of drug-likeness (QED) is 0.0731. The minimum atomic E-state index is -0.889. The lowest BCUT2D eigenvalue weighted by atomic mass is 9.85. The molecular weight excluding hydrogens is 867 g/mol. The number of thiazole rings is 1. The Kier molecular flexibility index (Phi) is 16.0. The Hall–Kier alpha value is -5.49. The van der Waals surface area contributed by atoms with Crippen molar-refractivity contribution in [2.24, 2.45) is 17.1 Å². The predicted molar refractivity (Wildman–Crippen MR) is 266 cm³/mol. The van der Waals surface area contributed by atoms with Crippen LogP contribution in [0.15, 0.2) is 54.0 Å². The number of likely N-dealkylation sites (tertiary alicyclic amines) is 3. The van der Waals surface area contributed by atoms with Gasteiger partial charge in [0, 0.05) is 50.4 Å². The number of hydrogen-bond acceptors (Lipinski definition) is 13. The van der Waals surface area contributed by atoms with Crippen molar-refractivity contribution in [2.45, 2.75) is 110 Å². The maximum Gasteiger partial charge on any atom is 0.246 e. The number of anilines is 2. The van der Waals surface area contributed by atoms with Crippen molar-refractivity contribution in [3.8, 4) is 16.2 Å². The van der Waals surface area contributed by atoms with Crippen LogP contribution in [-0.2, 0) is 14.4 Å². The summed E-state index contributed by atoms with van der Waals surface area (Å²) in [7, 11) is 0. The molecule has 0 radical (unpaired) electrons. The van der Waals surface area contributed by atoms with Crippen LogP contribution in [0.4, 0.5) is 11.5 Å². The van der Waals surface area contributed by atoms with E-state index >= 15 is 0 Å². The first-order valence-electron chi connectivity index (χ1n) is 23.9. The minimum Gasteiger partial charge on any atom is -0.507 e. The van der Waals surface area contributed by atoms with Gasteiger partial charge in [-0.2, -0.15) is 5.10 Å². The third kappa shape index (κ3) is 12.0. The fourth-order valence-electron chi connectivity index (χ4n) is 9.66.